The van der Waals surface area contributed by atoms with Crippen molar-refractivity contribution in [1.82, 2.24) is 10.6 Å². The van der Waals surface area contributed by atoms with Crippen molar-refractivity contribution < 1.29 is 51.2 Å². The number of carbonyl (C=O) groups is 3. The van der Waals surface area contributed by atoms with Gasteiger partial charge in [0.1, 0.15) is 28.9 Å². The minimum absolute atomic E-state index is 0.00853. The van der Waals surface area contributed by atoms with E-state index in [1.165, 1.54) is 26.4 Å². The summed E-state index contributed by atoms with van der Waals surface area (Å²) in [6.07, 6.45) is -5.97. The third-order valence-corrected chi connectivity index (χ3v) is 5.17. The van der Waals surface area contributed by atoms with Gasteiger partial charge in [0.15, 0.2) is 6.04 Å². The molecule has 0 spiro atoms. The van der Waals surface area contributed by atoms with Crippen molar-refractivity contribution in [2.24, 2.45) is 0 Å². The second-order valence-corrected chi connectivity index (χ2v) is 9.36. The van der Waals surface area contributed by atoms with Crippen LogP contribution in [0.3, 0.4) is 0 Å². The molecule has 2 aromatic rings. The molecule has 0 heterocycles. The maximum absolute atomic E-state index is 13.6. The summed E-state index contributed by atoms with van der Waals surface area (Å²) in [4.78, 5) is 39.1. The van der Waals surface area contributed by atoms with Gasteiger partial charge >= 0.3 is 18.4 Å². The third-order valence-electron chi connectivity index (χ3n) is 5.17. The summed E-state index contributed by atoms with van der Waals surface area (Å²) in [5.41, 5.74) is -0.322. The number of carbonyl (C=O) groups excluding carboxylic acids is 3. The average Bonchev–Trinajstić information content (AvgIpc) is 2.85. The van der Waals surface area contributed by atoms with Gasteiger partial charge in [0.2, 0.25) is 5.91 Å². The molecular formula is C27H33F3N2O8. The van der Waals surface area contributed by atoms with E-state index >= 15 is 0 Å². The van der Waals surface area contributed by atoms with E-state index in [1.54, 1.807) is 45.9 Å². The molecule has 10 nitrogen and oxygen atoms in total. The number of hydrogen-bond acceptors (Lipinski definition) is 8. The molecule has 40 heavy (non-hydrogen) atoms. The molecule has 2 rings (SSSR count). The van der Waals surface area contributed by atoms with Crippen molar-refractivity contribution in [2.75, 3.05) is 20.8 Å². The number of methoxy groups -OCH3 is 2. The van der Waals surface area contributed by atoms with Crippen LogP contribution < -0.4 is 24.8 Å². The number of alkyl carbamates (subject to hydrolysis) is 1. The highest BCUT2D eigenvalue weighted by molar-refractivity contribution is 5.91. The van der Waals surface area contributed by atoms with Gasteiger partial charge in [-0.15, -0.1) is 13.2 Å². The first-order chi connectivity index (χ1) is 18.7. The van der Waals surface area contributed by atoms with Gasteiger partial charge in [0, 0.05) is 6.42 Å². The number of nitrogens with one attached hydrogen (secondary N) is 2. The highest BCUT2D eigenvalue weighted by atomic mass is 19.4. The second kappa shape index (κ2) is 13.8. The largest absolute Gasteiger partial charge is 0.573 e. The summed E-state index contributed by atoms with van der Waals surface area (Å²) in [5, 5.41) is 5.04. The van der Waals surface area contributed by atoms with Crippen molar-refractivity contribution in [3.8, 4) is 17.2 Å². The Morgan fingerprint density at radius 2 is 1.48 bits per heavy atom. The molecule has 0 aliphatic rings. The minimum atomic E-state index is -4.87. The summed E-state index contributed by atoms with van der Waals surface area (Å²) < 4.78 is 62.7. The van der Waals surface area contributed by atoms with Crippen LogP contribution in [0.1, 0.15) is 44.9 Å². The van der Waals surface area contributed by atoms with E-state index in [4.69, 9.17) is 18.9 Å². The number of rotatable bonds is 11. The van der Waals surface area contributed by atoms with E-state index < -0.39 is 47.8 Å². The van der Waals surface area contributed by atoms with Gasteiger partial charge in [-0.25, -0.2) is 9.59 Å². The first kappa shape index (κ1) is 32.1. The van der Waals surface area contributed by atoms with Gasteiger partial charge in [-0.1, -0.05) is 18.2 Å². The van der Waals surface area contributed by atoms with E-state index in [1.807, 2.05) is 0 Å². The molecule has 2 unspecified atom stereocenters. The second-order valence-electron chi connectivity index (χ2n) is 9.36. The zero-order valence-electron chi connectivity index (χ0n) is 23.0. The molecule has 0 fully saturated rings. The summed E-state index contributed by atoms with van der Waals surface area (Å²) >= 11 is 0. The van der Waals surface area contributed by atoms with Crippen LogP contribution in [0.25, 0.3) is 0 Å². The SMILES string of the molecule is CCOC(=O)C(NC(=O)C(Cc1ccc(OC(F)(F)F)cc1)NC(=O)OC(C)(C)C)c1c(OC)cccc1OC. The molecule has 2 aromatic carbocycles. The van der Waals surface area contributed by atoms with Gasteiger partial charge in [0.25, 0.3) is 0 Å². The van der Waals surface area contributed by atoms with Crippen LogP contribution in [0.4, 0.5) is 18.0 Å². The number of benzene rings is 2. The van der Waals surface area contributed by atoms with E-state index in [0.717, 1.165) is 12.1 Å². The maximum atomic E-state index is 13.6. The average molecular weight is 571 g/mol. The maximum Gasteiger partial charge on any atom is 0.573 e. The van der Waals surface area contributed by atoms with E-state index in [9.17, 15) is 27.6 Å². The Kier molecular flexibility index (Phi) is 11.0. The molecule has 0 bridgehead atoms. The van der Waals surface area contributed by atoms with Crippen LogP contribution in [-0.4, -0.2) is 56.8 Å². The predicted molar refractivity (Wildman–Crippen MR) is 137 cm³/mol. The molecule has 0 radical (unpaired) electrons. The fourth-order valence-corrected chi connectivity index (χ4v) is 3.60. The number of alkyl halides is 3. The smallest absolute Gasteiger partial charge is 0.496 e. The fourth-order valence-electron chi connectivity index (χ4n) is 3.60. The Morgan fingerprint density at radius 1 is 0.900 bits per heavy atom. The van der Waals surface area contributed by atoms with Gasteiger partial charge < -0.3 is 34.3 Å². The van der Waals surface area contributed by atoms with Crippen molar-refractivity contribution in [1.29, 1.82) is 0 Å². The molecular weight excluding hydrogens is 537 g/mol. The lowest BCUT2D eigenvalue weighted by Gasteiger charge is -2.26. The van der Waals surface area contributed by atoms with Gasteiger partial charge in [-0.05, 0) is 57.5 Å². The Labute approximate surface area is 230 Å². The molecule has 220 valence electrons. The molecule has 13 heteroatoms. The molecule has 0 aliphatic carbocycles. The summed E-state index contributed by atoms with van der Waals surface area (Å²) in [7, 11) is 2.75. The van der Waals surface area contributed by atoms with Gasteiger partial charge in [-0.3, -0.25) is 4.79 Å². The van der Waals surface area contributed by atoms with Crippen molar-refractivity contribution in [3.05, 3.63) is 53.6 Å². The van der Waals surface area contributed by atoms with Crippen molar-refractivity contribution in [2.45, 2.75) is 58.2 Å². The molecule has 2 atom stereocenters. The summed E-state index contributed by atoms with van der Waals surface area (Å²) in [6.45, 7) is 6.49. The molecule has 0 saturated heterocycles. The Bertz CT molecular complexity index is 1140. The Morgan fingerprint density at radius 3 is 1.95 bits per heavy atom. The molecule has 0 aliphatic heterocycles. The monoisotopic (exact) mass is 570 g/mol. The third kappa shape index (κ3) is 9.86. The summed E-state index contributed by atoms with van der Waals surface area (Å²) in [5.74, 6) is -1.62. The predicted octanol–water partition coefficient (Wildman–Crippen LogP) is 4.46. The zero-order chi connectivity index (χ0) is 30.1. The first-order valence-corrected chi connectivity index (χ1v) is 12.2. The van der Waals surface area contributed by atoms with Crippen LogP contribution in [0.15, 0.2) is 42.5 Å². The van der Waals surface area contributed by atoms with E-state index in [-0.39, 0.29) is 30.1 Å². The number of ether oxygens (including phenoxy) is 5. The van der Waals surface area contributed by atoms with Gasteiger partial charge in [-0.2, -0.15) is 0 Å². The first-order valence-electron chi connectivity index (χ1n) is 12.2. The van der Waals surface area contributed by atoms with Gasteiger partial charge in [0.05, 0.1) is 26.4 Å². The fraction of sp³-hybridized carbons (Fsp3) is 0.444. The molecule has 2 N–H and O–H groups in total. The molecule has 2 amide bonds. The van der Waals surface area contributed by atoms with Crippen molar-refractivity contribution >= 4 is 18.0 Å². The lowest BCUT2D eigenvalue weighted by atomic mass is 10.0. The molecule has 0 aromatic heterocycles. The number of esters is 1. The number of halogens is 3. The number of hydrogen-bond donors (Lipinski definition) is 2. The minimum Gasteiger partial charge on any atom is -0.496 e. The highest BCUT2D eigenvalue weighted by Crippen LogP contribution is 2.35. The topological polar surface area (TPSA) is 121 Å². The number of amides is 2. The van der Waals surface area contributed by atoms with Crippen LogP contribution in [-0.2, 0) is 25.5 Å². The lowest BCUT2D eigenvalue weighted by Crippen LogP contribution is -2.51. The normalized spacial score (nSPS) is 12.9. The summed E-state index contributed by atoms with van der Waals surface area (Å²) in [6, 6.07) is 6.82. The Balaban J connectivity index is 2.43. The van der Waals surface area contributed by atoms with E-state index in [0.29, 0.717) is 5.56 Å². The molecule has 0 saturated carbocycles. The quantitative estimate of drug-likeness (QED) is 0.380. The van der Waals surface area contributed by atoms with E-state index in [2.05, 4.69) is 15.4 Å². The highest BCUT2D eigenvalue weighted by Gasteiger charge is 2.34. The standard InChI is InChI=1S/C27H33F3N2O8/c1-7-38-24(34)22(21-19(36-5)9-8-10-20(21)37-6)32-23(33)18(31-25(35)40-26(2,3)4)15-16-11-13-17(14-12-16)39-27(28,29)30/h8-14,18,22H,7,15H2,1-6H3,(H,31,35)(H,32,33). The van der Waals surface area contributed by atoms with Crippen LogP contribution in [0, 0.1) is 0 Å². The van der Waals surface area contributed by atoms with Crippen LogP contribution >= 0.6 is 0 Å². The Hall–Kier alpha value is -4.16. The van der Waals surface area contributed by atoms with Crippen molar-refractivity contribution in [3.63, 3.8) is 0 Å². The zero-order valence-corrected chi connectivity index (χ0v) is 23.0. The van der Waals surface area contributed by atoms with Crippen LogP contribution in [0.5, 0.6) is 17.2 Å². The lowest BCUT2D eigenvalue weighted by molar-refractivity contribution is -0.274. The van der Waals surface area contributed by atoms with Crippen LogP contribution in [0.2, 0.25) is 0 Å².